The lowest BCUT2D eigenvalue weighted by Gasteiger charge is -2.33. The Balaban J connectivity index is 2.11. The fraction of sp³-hybridized carbons (Fsp3) is 0.609. The van der Waals surface area contributed by atoms with Crippen molar-refractivity contribution in [1.29, 1.82) is 0 Å². The van der Waals surface area contributed by atoms with Gasteiger partial charge in [-0.1, -0.05) is 6.07 Å². The van der Waals surface area contributed by atoms with E-state index in [9.17, 15) is 42.7 Å². The molecule has 1 heterocycles. The quantitative estimate of drug-likeness (QED) is 0.118. The molecule has 1 fully saturated rings. The van der Waals surface area contributed by atoms with Gasteiger partial charge in [0.1, 0.15) is 6.73 Å². The number of hydrogen-bond acceptors (Lipinski definition) is 12. The number of sulfonamides is 1. The third-order valence-electron chi connectivity index (χ3n) is 6.39. The van der Waals surface area contributed by atoms with Crippen LogP contribution >= 0.6 is 8.25 Å². The second-order valence-corrected chi connectivity index (χ2v) is 12.2. The molecule has 1 aliphatic rings. The zero-order valence-electron chi connectivity index (χ0n) is 22.9. The molecular weight excluding hydrogens is 601 g/mol. The Kier molecular flexibility index (Phi) is 14.9. The van der Waals surface area contributed by atoms with Gasteiger partial charge in [-0.15, -0.1) is 0 Å². The van der Waals surface area contributed by atoms with Gasteiger partial charge in [0.15, 0.2) is 0 Å². The highest BCUT2D eigenvalue weighted by atomic mass is 32.2. The first-order valence-electron chi connectivity index (χ1n) is 12.9. The highest BCUT2D eigenvalue weighted by molar-refractivity contribution is 7.89. The van der Waals surface area contributed by atoms with Gasteiger partial charge in [0, 0.05) is 65.4 Å². The molecule has 42 heavy (non-hydrogen) atoms. The van der Waals surface area contributed by atoms with Crippen LogP contribution in [-0.4, -0.2) is 163 Å². The maximum atomic E-state index is 12.7. The molecule has 17 nitrogen and oxygen atoms in total. The number of carboxylic acids is 3. The SMILES string of the molecule is O=C(O)CN1CCN(CO[PH](=O)O)CCN(CC(=O)O)CCN(CC(O)CNS(=O)(=O)c2cccc(C(=O)O)c2)CC1. The van der Waals surface area contributed by atoms with Crippen LogP contribution in [0.25, 0.3) is 0 Å². The first-order chi connectivity index (χ1) is 19.7. The van der Waals surface area contributed by atoms with Crippen molar-refractivity contribution in [3.05, 3.63) is 29.8 Å². The highest BCUT2D eigenvalue weighted by Gasteiger charge is 2.22. The Labute approximate surface area is 243 Å². The molecule has 0 aliphatic carbocycles. The predicted molar refractivity (Wildman–Crippen MR) is 148 cm³/mol. The summed E-state index contributed by atoms with van der Waals surface area (Å²) < 4.78 is 43.5. The molecule has 0 aromatic heterocycles. The minimum absolute atomic E-state index is 0.0236. The monoisotopic (exact) mass is 639 g/mol. The van der Waals surface area contributed by atoms with E-state index in [1.165, 1.54) is 18.2 Å². The summed E-state index contributed by atoms with van der Waals surface area (Å²) in [5.41, 5.74) is -0.213. The van der Waals surface area contributed by atoms with E-state index in [1.54, 1.807) is 19.6 Å². The number of nitrogens with zero attached hydrogens (tertiary/aromatic N) is 4. The number of aromatic carboxylic acids is 1. The average molecular weight is 640 g/mol. The number of carbonyl (C=O) groups is 3. The summed E-state index contributed by atoms with van der Waals surface area (Å²) in [4.78, 5) is 49.6. The van der Waals surface area contributed by atoms with Crippen molar-refractivity contribution in [3.8, 4) is 0 Å². The van der Waals surface area contributed by atoms with E-state index < -0.39 is 48.8 Å². The van der Waals surface area contributed by atoms with Crippen molar-refractivity contribution in [3.63, 3.8) is 0 Å². The summed E-state index contributed by atoms with van der Waals surface area (Å²) in [6, 6.07) is 4.76. The van der Waals surface area contributed by atoms with E-state index in [1.807, 2.05) is 0 Å². The molecule has 0 spiro atoms. The molecule has 2 rings (SSSR count). The number of hydrogen-bond donors (Lipinski definition) is 6. The molecule has 0 bridgehead atoms. The van der Waals surface area contributed by atoms with Gasteiger partial charge >= 0.3 is 26.2 Å². The van der Waals surface area contributed by atoms with Crippen LogP contribution in [0, 0.1) is 0 Å². The molecule has 2 atom stereocenters. The van der Waals surface area contributed by atoms with Crippen LogP contribution in [0.1, 0.15) is 10.4 Å². The summed E-state index contributed by atoms with van der Waals surface area (Å²) >= 11 is 0. The van der Waals surface area contributed by atoms with Crippen LogP contribution in [0.2, 0.25) is 0 Å². The van der Waals surface area contributed by atoms with Crippen molar-refractivity contribution in [1.82, 2.24) is 24.3 Å². The number of carboxylic acid groups (broad SMARTS) is 3. The molecular formula is C23H38N5O12PS. The minimum atomic E-state index is -4.13. The van der Waals surface area contributed by atoms with Gasteiger partial charge in [0.05, 0.1) is 29.7 Å². The van der Waals surface area contributed by atoms with E-state index in [0.29, 0.717) is 0 Å². The fourth-order valence-electron chi connectivity index (χ4n) is 4.18. The largest absolute Gasteiger partial charge is 0.480 e. The maximum Gasteiger partial charge on any atom is 0.335 e. The predicted octanol–water partition coefficient (Wildman–Crippen LogP) is -2.23. The van der Waals surface area contributed by atoms with Crippen LogP contribution in [-0.2, 0) is 28.7 Å². The van der Waals surface area contributed by atoms with Crippen LogP contribution in [0.3, 0.4) is 0 Å². The molecule has 1 aliphatic heterocycles. The smallest absolute Gasteiger partial charge is 0.335 e. The second kappa shape index (κ2) is 17.6. The van der Waals surface area contributed by atoms with Gasteiger partial charge in [-0.05, 0) is 18.2 Å². The Morgan fingerprint density at radius 1 is 0.881 bits per heavy atom. The van der Waals surface area contributed by atoms with E-state index >= 15 is 0 Å². The number of benzene rings is 1. The maximum absolute atomic E-state index is 12.7. The molecule has 19 heteroatoms. The fourth-order valence-corrected chi connectivity index (χ4v) is 5.60. The molecule has 1 saturated heterocycles. The second-order valence-electron chi connectivity index (χ2n) is 9.64. The molecule has 0 radical (unpaired) electrons. The minimum Gasteiger partial charge on any atom is -0.480 e. The number of nitrogens with one attached hydrogen (secondary N) is 1. The van der Waals surface area contributed by atoms with Crippen molar-refractivity contribution in [2.45, 2.75) is 11.0 Å². The van der Waals surface area contributed by atoms with Gasteiger partial charge < -0.3 is 25.3 Å². The van der Waals surface area contributed by atoms with Gasteiger partial charge in [0.2, 0.25) is 10.0 Å². The van der Waals surface area contributed by atoms with E-state index in [4.69, 9.17) is 14.5 Å². The molecule has 1 aromatic rings. The van der Waals surface area contributed by atoms with Crippen molar-refractivity contribution >= 4 is 36.2 Å². The lowest BCUT2D eigenvalue weighted by Crippen LogP contribution is -2.49. The lowest BCUT2D eigenvalue weighted by atomic mass is 10.2. The molecule has 2 unspecified atom stereocenters. The molecule has 0 amide bonds. The van der Waals surface area contributed by atoms with Crippen LogP contribution < -0.4 is 4.72 Å². The summed E-state index contributed by atoms with van der Waals surface area (Å²) in [7, 11) is -7.34. The number of aliphatic carboxylic acids is 2. The summed E-state index contributed by atoms with van der Waals surface area (Å²) in [6.45, 7) is 0.898. The molecule has 238 valence electrons. The van der Waals surface area contributed by atoms with E-state index in [2.05, 4.69) is 4.72 Å². The van der Waals surface area contributed by atoms with Crippen LogP contribution in [0.5, 0.6) is 0 Å². The Bertz CT molecular complexity index is 1160. The molecule has 1 aromatic carbocycles. The summed E-state index contributed by atoms with van der Waals surface area (Å²) in [5, 5.41) is 38.5. The third kappa shape index (κ3) is 13.6. The number of aliphatic hydroxyl groups is 1. The summed E-state index contributed by atoms with van der Waals surface area (Å²) in [6.07, 6.45) is -1.20. The molecule has 6 N–H and O–H groups in total. The number of aliphatic hydroxyl groups excluding tert-OH is 1. The van der Waals surface area contributed by atoms with Gasteiger partial charge in [0.25, 0.3) is 0 Å². The van der Waals surface area contributed by atoms with Crippen LogP contribution in [0.15, 0.2) is 29.2 Å². The standard InChI is InChI=1S/C23H38N5O12PS/c29-19(13-24-42(38,39)20-3-1-2-18(12-20)23(34)35)14-25-4-6-26(15-21(30)31)8-10-28(17-40-41(36)37)11-9-27(7-5-25)16-22(32)33/h1-3,12,19,24,29,41H,4-11,13-17H2,(H,30,31)(H,32,33)(H,34,35)(H,36,37). The van der Waals surface area contributed by atoms with Gasteiger partial charge in [-0.3, -0.25) is 38.3 Å². The van der Waals surface area contributed by atoms with Gasteiger partial charge in [-0.25, -0.2) is 17.9 Å². The lowest BCUT2D eigenvalue weighted by molar-refractivity contribution is -0.139. The van der Waals surface area contributed by atoms with Crippen molar-refractivity contribution in [2.24, 2.45) is 0 Å². The average Bonchev–Trinajstić information content (AvgIpc) is 2.90. The third-order valence-corrected chi connectivity index (χ3v) is 8.18. The number of rotatable bonds is 14. The Hall–Kier alpha value is -2.51. The zero-order valence-corrected chi connectivity index (χ0v) is 24.7. The normalized spacial score (nSPS) is 18.9. The topological polar surface area (TPSA) is 238 Å². The summed E-state index contributed by atoms with van der Waals surface area (Å²) in [5.74, 6) is -3.42. The highest BCUT2D eigenvalue weighted by Crippen LogP contribution is 2.15. The first-order valence-corrected chi connectivity index (χ1v) is 15.7. The first kappa shape index (κ1) is 35.7. The van der Waals surface area contributed by atoms with Crippen molar-refractivity contribution < 1.29 is 57.2 Å². The van der Waals surface area contributed by atoms with Gasteiger partial charge in [-0.2, -0.15) is 0 Å². The van der Waals surface area contributed by atoms with Crippen LogP contribution in [0.4, 0.5) is 0 Å². The van der Waals surface area contributed by atoms with E-state index in [0.717, 1.165) is 6.07 Å². The van der Waals surface area contributed by atoms with E-state index in [-0.39, 0.29) is 89.2 Å². The van der Waals surface area contributed by atoms with Crippen molar-refractivity contribution in [2.75, 3.05) is 85.3 Å². The zero-order chi connectivity index (χ0) is 31.3. The molecule has 0 saturated carbocycles. The number of β-amino-alcohol motifs (C(OH)–C–C–N with tert-alkyl or cyclic N) is 1. The Morgan fingerprint density at radius 3 is 1.86 bits per heavy atom. The Morgan fingerprint density at radius 2 is 1.38 bits per heavy atom.